The van der Waals surface area contributed by atoms with Crippen LogP contribution in [0.15, 0.2) is 0 Å². The van der Waals surface area contributed by atoms with Crippen LogP contribution in [0.4, 0.5) is 0 Å². The molecular formula is C8H17NO5S. The molecule has 0 aromatic rings. The molecule has 0 heterocycles. The minimum atomic E-state index is -3.56. The van der Waals surface area contributed by atoms with Gasteiger partial charge in [-0.05, 0) is 5.92 Å². The monoisotopic (exact) mass is 239 g/mol. The summed E-state index contributed by atoms with van der Waals surface area (Å²) < 4.78 is 29.5. The van der Waals surface area contributed by atoms with Crippen LogP contribution >= 0.6 is 0 Å². The summed E-state index contributed by atoms with van der Waals surface area (Å²) in [6.45, 7) is 3.29. The van der Waals surface area contributed by atoms with E-state index in [1.165, 1.54) is 7.11 Å². The highest BCUT2D eigenvalue weighted by Crippen LogP contribution is 1.99. The molecule has 0 spiro atoms. The van der Waals surface area contributed by atoms with Crippen molar-refractivity contribution in [3.8, 4) is 0 Å². The largest absolute Gasteiger partial charge is 0.480 e. The molecule has 0 saturated heterocycles. The van der Waals surface area contributed by atoms with Crippen LogP contribution in [0.2, 0.25) is 0 Å². The number of sulfonamides is 1. The number of hydrogen-bond acceptors (Lipinski definition) is 4. The number of carboxylic acids is 1. The fraction of sp³-hybridized carbons (Fsp3) is 0.875. The van der Waals surface area contributed by atoms with E-state index in [2.05, 4.69) is 9.46 Å². The molecule has 0 aliphatic carbocycles. The van der Waals surface area contributed by atoms with Crippen molar-refractivity contribution in [2.75, 3.05) is 19.5 Å². The molecule has 0 amide bonds. The quantitative estimate of drug-likeness (QED) is 0.634. The lowest BCUT2D eigenvalue weighted by Gasteiger charge is -2.14. The molecule has 15 heavy (non-hydrogen) atoms. The topological polar surface area (TPSA) is 92.7 Å². The molecule has 0 aromatic carbocycles. The fourth-order valence-electron chi connectivity index (χ4n) is 1.03. The lowest BCUT2D eigenvalue weighted by Crippen LogP contribution is -2.45. The van der Waals surface area contributed by atoms with Crippen LogP contribution in [0.25, 0.3) is 0 Å². The molecular weight excluding hydrogens is 222 g/mol. The van der Waals surface area contributed by atoms with Gasteiger partial charge in [0.1, 0.15) is 6.04 Å². The molecule has 1 unspecified atom stereocenters. The summed E-state index contributed by atoms with van der Waals surface area (Å²) in [7, 11) is -2.25. The van der Waals surface area contributed by atoms with Crippen LogP contribution in [-0.4, -0.2) is 45.0 Å². The van der Waals surface area contributed by atoms with Crippen molar-refractivity contribution in [3.05, 3.63) is 0 Å². The number of methoxy groups -OCH3 is 1. The summed E-state index contributed by atoms with van der Waals surface area (Å²) in [6, 6.07) is -1.22. The molecule has 90 valence electrons. The van der Waals surface area contributed by atoms with Crippen LogP contribution in [0.5, 0.6) is 0 Å². The zero-order valence-electron chi connectivity index (χ0n) is 9.06. The van der Waals surface area contributed by atoms with Gasteiger partial charge in [0.25, 0.3) is 0 Å². The third-order valence-corrected chi connectivity index (χ3v) is 3.26. The number of carboxylic acid groups (broad SMARTS) is 1. The summed E-state index contributed by atoms with van der Waals surface area (Å²) in [4.78, 5) is 10.6. The third kappa shape index (κ3) is 6.43. The van der Waals surface area contributed by atoms with Gasteiger partial charge in [-0.2, -0.15) is 4.72 Å². The molecule has 0 aromatic heterocycles. The molecule has 7 heteroatoms. The molecule has 0 saturated carbocycles. The Kier molecular flexibility index (Phi) is 5.77. The Labute approximate surface area is 89.7 Å². The summed E-state index contributed by atoms with van der Waals surface area (Å²) in [5, 5.41) is 8.69. The lowest BCUT2D eigenvalue weighted by molar-refractivity contribution is -0.140. The van der Waals surface area contributed by atoms with Crippen molar-refractivity contribution in [2.24, 2.45) is 5.92 Å². The van der Waals surface area contributed by atoms with E-state index in [9.17, 15) is 13.2 Å². The van der Waals surface area contributed by atoms with E-state index in [0.29, 0.717) is 0 Å². The second-order valence-electron chi connectivity index (χ2n) is 3.64. The molecule has 1 atom stereocenters. The third-order valence-electron chi connectivity index (χ3n) is 1.51. The molecule has 0 fully saturated rings. The van der Waals surface area contributed by atoms with Gasteiger partial charge >= 0.3 is 5.97 Å². The number of aliphatic carboxylic acids is 1. The average molecular weight is 239 g/mol. The summed E-state index contributed by atoms with van der Waals surface area (Å²) in [6.07, 6.45) is 0. The normalized spacial score (nSPS) is 14.1. The predicted octanol–water partition coefficient (Wildman–Crippen LogP) is -0.339. The minimum Gasteiger partial charge on any atom is -0.480 e. The highest BCUT2D eigenvalue weighted by Gasteiger charge is 2.24. The van der Waals surface area contributed by atoms with E-state index >= 15 is 0 Å². The van der Waals surface area contributed by atoms with Crippen molar-refractivity contribution < 1.29 is 23.1 Å². The van der Waals surface area contributed by atoms with Gasteiger partial charge in [0, 0.05) is 7.11 Å². The zero-order valence-corrected chi connectivity index (χ0v) is 9.87. The van der Waals surface area contributed by atoms with Gasteiger partial charge in [-0.1, -0.05) is 13.8 Å². The average Bonchev–Trinajstić information content (AvgIpc) is 2.00. The number of nitrogens with one attached hydrogen (secondary N) is 1. The second kappa shape index (κ2) is 6.04. The van der Waals surface area contributed by atoms with Crippen LogP contribution in [0.1, 0.15) is 13.8 Å². The van der Waals surface area contributed by atoms with Crippen LogP contribution in [0.3, 0.4) is 0 Å². The van der Waals surface area contributed by atoms with Crippen molar-refractivity contribution in [3.63, 3.8) is 0 Å². The Morgan fingerprint density at radius 1 is 1.47 bits per heavy atom. The lowest BCUT2D eigenvalue weighted by atomic mass is 10.3. The highest BCUT2D eigenvalue weighted by atomic mass is 32.2. The standard InChI is InChI=1S/C8H17NO5S/c1-6(2)5-15(12,13)9-7(4-14-3)8(10)11/h6-7,9H,4-5H2,1-3H3,(H,10,11). The van der Waals surface area contributed by atoms with E-state index < -0.39 is 22.0 Å². The minimum absolute atomic E-state index is 0.0560. The maximum absolute atomic E-state index is 11.4. The van der Waals surface area contributed by atoms with Crippen molar-refractivity contribution in [1.29, 1.82) is 0 Å². The Morgan fingerprint density at radius 2 is 2.00 bits per heavy atom. The van der Waals surface area contributed by atoms with E-state index in [4.69, 9.17) is 5.11 Å². The highest BCUT2D eigenvalue weighted by molar-refractivity contribution is 7.89. The number of carbonyl (C=O) groups is 1. The van der Waals surface area contributed by atoms with Gasteiger partial charge in [0.15, 0.2) is 0 Å². The van der Waals surface area contributed by atoms with Gasteiger partial charge in [0.05, 0.1) is 12.4 Å². The van der Waals surface area contributed by atoms with Crippen molar-refractivity contribution >= 4 is 16.0 Å². The molecule has 2 N–H and O–H groups in total. The SMILES string of the molecule is COCC(NS(=O)(=O)CC(C)C)C(=O)O. The first-order chi connectivity index (χ1) is 6.78. The smallest absolute Gasteiger partial charge is 0.324 e. The molecule has 6 nitrogen and oxygen atoms in total. The van der Waals surface area contributed by atoms with E-state index in [0.717, 1.165) is 0 Å². The van der Waals surface area contributed by atoms with Gasteiger partial charge < -0.3 is 9.84 Å². The second-order valence-corrected chi connectivity index (χ2v) is 5.44. The Hall–Kier alpha value is -0.660. The molecule has 0 rings (SSSR count). The Bertz CT molecular complexity index is 298. The van der Waals surface area contributed by atoms with E-state index in [-0.39, 0.29) is 18.3 Å². The molecule has 0 aliphatic rings. The Morgan fingerprint density at radius 3 is 2.33 bits per heavy atom. The zero-order chi connectivity index (χ0) is 12.1. The maximum Gasteiger partial charge on any atom is 0.324 e. The van der Waals surface area contributed by atoms with Gasteiger partial charge in [-0.3, -0.25) is 4.79 Å². The first-order valence-electron chi connectivity index (χ1n) is 4.50. The van der Waals surface area contributed by atoms with Crippen molar-refractivity contribution in [1.82, 2.24) is 4.72 Å². The first-order valence-corrected chi connectivity index (χ1v) is 6.15. The first kappa shape index (κ1) is 14.3. The molecule has 0 bridgehead atoms. The van der Waals surface area contributed by atoms with Crippen LogP contribution in [0, 0.1) is 5.92 Å². The van der Waals surface area contributed by atoms with Crippen LogP contribution in [-0.2, 0) is 19.6 Å². The van der Waals surface area contributed by atoms with Gasteiger partial charge in [-0.15, -0.1) is 0 Å². The summed E-state index contributed by atoms with van der Waals surface area (Å²) in [5.74, 6) is -1.40. The van der Waals surface area contributed by atoms with E-state index in [1.54, 1.807) is 13.8 Å². The van der Waals surface area contributed by atoms with Gasteiger partial charge in [0.2, 0.25) is 10.0 Å². The van der Waals surface area contributed by atoms with Crippen LogP contribution < -0.4 is 4.72 Å². The van der Waals surface area contributed by atoms with Gasteiger partial charge in [-0.25, -0.2) is 8.42 Å². The fourth-order valence-corrected chi connectivity index (χ4v) is 2.60. The van der Waals surface area contributed by atoms with Crippen molar-refractivity contribution in [2.45, 2.75) is 19.9 Å². The molecule has 0 aliphatic heterocycles. The summed E-state index contributed by atoms with van der Waals surface area (Å²) >= 11 is 0. The number of ether oxygens (including phenoxy) is 1. The predicted molar refractivity (Wildman–Crippen MR) is 55.1 cm³/mol. The maximum atomic E-state index is 11.4. The number of rotatable bonds is 7. The number of hydrogen-bond donors (Lipinski definition) is 2. The van der Waals surface area contributed by atoms with E-state index in [1.807, 2.05) is 0 Å². The summed E-state index contributed by atoms with van der Waals surface area (Å²) in [5.41, 5.74) is 0. The Balaban J connectivity index is 4.45. The molecule has 0 radical (unpaired) electrons.